The molecule has 0 bridgehead atoms. The molecule has 18 heavy (non-hydrogen) atoms. The summed E-state index contributed by atoms with van der Waals surface area (Å²) >= 11 is 0. The summed E-state index contributed by atoms with van der Waals surface area (Å²) < 4.78 is 31.3. The van der Waals surface area contributed by atoms with Crippen LogP contribution >= 0.6 is 0 Å². The van der Waals surface area contributed by atoms with Gasteiger partial charge in [-0.1, -0.05) is 13.3 Å². The number of unbranched alkanes of at least 4 members (excludes halogenated alkanes) is 1. The number of nitrogens with one attached hydrogen (secondary N) is 2. The highest BCUT2D eigenvalue weighted by Crippen LogP contribution is 2.13. The van der Waals surface area contributed by atoms with E-state index in [4.69, 9.17) is 10.5 Å². The molecule has 104 valence electrons. The number of aromatic nitrogens is 2. The van der Waals surface area contributed by atoms with Gasteiger partial charge in [-0.25, -0.2) is 13.1 Å². The van der Waals surface area contributed by atoms with E-state index >= 15 is 0 Å². The maximum absolute atomic E-state index is 11.8. The number of nitrogen functional groups attached to an aromatic ring is 1. The minimum Gasteiger partial charge on any atom is -0.383 e. The maximum atomic E-state index is 11.8. The molecule has 0 unspecified atom stereocenters. The number of hydrogen-bond acceptors (Lipinski definition) is 5. The molecule has 0 aliphatic rings. The summed E-state index contributed by atoms with van der Waals surface area (Å²) in [5, 5.41) is 5.96. The Labute approximate surface area is 107 Å². The van der Waals surface area contributed by atoms with Crippen LogP contribution in [0.4, 0.5) is 5.82 Å². The number of anilines is 1. The van der Waals surface area contributed by atoms with Crippen LogP contribution in [0.25, 0.3) is 0 Å². The fourth-order valence-electron chi connectivity index (χ4n) is 1.31. The highest BCUT2D eigenvalue weighted by atomic mass is 32.2. The van der Waals surface area contributed by atoms with Gasteiger partial charge in [-0.3, -0.25) is 5.10 Å². The van der Waals surface area contributed by atoms with Crippen molar-refractivity contribution in [2.75, 3.05) is 25.5 Å². The molecule has 7 nitrogen and oxygen atoms in total. The molecule has 4 N–H and O–H groups in total. The average molecular weight is 276 g/mol. The molecular formula is C10H20N4O3S. The minimum absolute atomic E-state index is 0.0191. The summed E-state index contributed by atoms with van der Waals surface area (Å²) in [7, 11) is -3.57. The smallest absolute Gasteiger partial charge is 0.245 e. The van der Waals surface area contributed by atoms with Crippen LogP contribution in [0.5, 0.6) is 0 Å². The molecular weight excluding hydrogens is 256 g/mol. The largest absolute Gasteiger partial charge is 0.383 e. The first-order valence-corrected chi connectivity index (χ1v) is 7.42. The number of H-pyrrole nitrogens is 1. The molecule has 0 aromatic carbocycles. The third-order valence-corrected chi connectivity index (χ3v) is 3.81. The normalized spacial score (nSPS) is 11.8. The summed E-state index contributed by atoms with van der Waals surface area (Å²) in [6.45, 7) is 3.67. The summed E-state index contributed by atoms with van der Waals surface area (Å²) in [6.07, 6.45) is 3.93. The van der Waals surface area contributed by atoms with Crippen molar-refractivity contribution in [2.24, 2.45) is 0 Å². The van der Waals surface area contributed by atoms with Gasteiger partial charge in [-0.2, -0.15) is 5.10 Å². The Morgan fingerprint density at radius 2 is 2.17 bits per heavy atom. The van der Waals surface area contributed by atoms with E-state index in [1.54, 1.807) is 0 Å². The van der Waals surface area contributed by atoms with Gasteiger partial charge in [0.05, 0.1) is 6.20 Å². The molecule has 0 spiro atoms. The van der Waals surface area contributed by atoms with Gasteiger partial charge < -0.3 is 10.5 Å². The Kier molecular flexibility index (Phi) is 6.10. The maximum Gasteiger partial charge on any atom is 0.245 e. The number of rotatable bonds is 9. The van der Waals surface area contributed by atoms with Crippen LogP contribution in [-0.4, -0.2) is 38.4 Å². The third kappa shape index (κ3) is 4.63. The third-order valence-electron chi connectivity index (χ3n) is 2.32. The van der Waals surface area contributed by atoms with E-state index in [0.29, 0.717) is 19.6 Å². The number of nitrogens with two attached hydrogens (primary N) is 1. The Morgan fingerprint density at radius 1 is 1.44 bits per heavy atom. The zero-order valence-electron chi connectivity index (χ0n) is 10.5. The van der Waals surface area contributed by atoms with Crippen LogP contribution in [-0.2, 0) is 14.8 Å². The Morgan fingerprint density at radius 3 is 2.78 bits per heavy atom. The van der Waals surface area contributed by atoms with Crippen molar-refractivity contribution in [2.45, 2.75) is 31.1 Å². The predicted molar refractivity (Wildman–Crippen MR) is 68.5 cm³/mol. The first-order chi connectivity index (χ1) is 8.58. The molecule has 1 heterocycles. The van der Waals surface area contributed by atoms with Crippen molar-refractivity contribution >= 4 is 15.8 Å². The van der Waals surface area contributed by atoms with Gasteiger partial charge in [-0.15, -0.1) is 0 Å². The van der Waals surface area contributed by atoms with Gasteiger partial charge >= 0.3 is 0 Å². The van der Waals surface area contributed by atoms with Gasteiger partial charge in [0.15, 0.2) is 0 Å². The van der Waals surface area contributed by atoms with E-state index < -0.39 is 10.0 Å². The molecule has 1 aromatic rings. The number of hydrogen-bond donors (Lipinski definition) is 3. The standard InChI is InChI=1S/C10H20N4O3S/c1-2-3-6-17-7-4-5-13-18(15,16)9-8-12-14-10(9)11/h8,13H,2-7H2,1H3,(H3,11,12,14). The fourth-order valence-corrected chi connectivity index (χ4v) is 2.40. The van der Waals surface area contributed by atoms with Crippen molar-refractivity contribution in [1.29, 1.82) is 0 Å². The lowest BCUT2D eigenvalue weighted by Crippen LogP contribution is -2.26. The summed E-state index contributed by atoms with van der Waals surface area (Å²) in [4.78, 5) is -0.0191. The zero-order chi connectivity index (χ0) is 13.4. The molecule has 0 atom stereocenters. The van der Waals surface area contributed by atoms with Gasteiger partial charge in [-0.05, 0) is 12.8 Å². The van der Waals surface area contributed by atoms with Crippen molar-refractivity contribution < 1.29 is 13.2 Å². The Balaban J connectivity index is 2.25. The number of aromatic amines is 1. The lowest BCUT2D eigenvalue weighted by molar-refractivity contribution is 0.130. The second kappa shape index (κ2) is 7.34. The van der Waals surface area contributed by atoms with Gasteiger partial charge in [0.1, 0.15) is 10.7 Å². The highest BCUT2D eigenvalue weighted by Gasteiger charge is 2.18. The number of sulfonamides is 1. The van der Waals surface area contributed by atoms with E-state index in [1.807, 2.05) is 0 Å². The molecule has 1 aromatic heterocycles. The van der Waals surface area contributed by atoms with Crippen LogP contribution in [0, 0.1) is 0 Å². The van der Waals surface area contributed by atoms with Crippen molar-refractivity contribution in [3.8, 4) is 0 Å². The van der Waals surface area contributed by atoms with Crippen LogP contribution in [0.1, 0.15) is 26.2 Å². The first-order valence-electron chi connectivity index (χ1n) is 5.94. The Bertz CT molecular complexity index is 444. The summed E-state index contributed by atoms with van der Waals surface area (Å²) in [6, 6.07) is 0. The molecule has 0 fully saturated rings. The summed E-state index contributed by atoms with van der Waals surface area (Å²) in [5.41, 5.74) is 5.45. The molecule has 0 aliphatic heterocycles. The topological polar surface area (TPSA) is 110 Å². The first kappa shape index (κ1) is 14.9. The Hall–Kier alpha value is -1.12. The average Bonchev–Trinajstić information content (AvgIpc) is 2.75. The molecule has 0 radical (unpaired) electrons. The molecule has 0 saturated carbocycles. The lowest BCUT2D eigenvalue weighted by atomic mass is 10.4. The zero-order valence-corrected chi connectivity index (χ0v) is 11.3. The van der Waals surface area contributed by atoms with E-state index in [2.05, 4.69) is 21.8 Å². The lowest BCUT2D eigenvalue weighted by Gasteiger charge is -2.06. The van der Waals surface area contributed by atoms with Crippen molar-refractivity contribution in [1.82, 2.24) is 14.9 Å². The van der Waals surface area contributed by atoms with E-state index in [-0.39, 0.29) is 10.7 Å². The quantitative estimate of drug-likeness (QED) is 0.568. The second-order valence-electron chi connectivity index (χ2n) is 3.87. The molecule has 0 amide bonds. The second-order valence-corrected chi connectivity index (χ2v) is 5.60. The van der Waals surface area contributed by atoms with E-state index in [1.165, 1.54) is 6.20 Å². The SMILES string of the molecule is CCCCOCCCNS(=O)(=O)c1cn[nH]c1N. The molecule has 0 saturated heterocycles. The fraction of sp³-hybridized carbons (Fsp3) is 0.700. The van der Waals surface area contributed by atoms with Crippen LogP contribution < -0.4 is 10.5 Å². The van der Waals surface area contributed by atoms with E-state index in [9.17, 15) is 8.42 Å². The molecule has 1 rings (SSSR count). The van der Waals surface area contributed by atoms with Crippen LogP contribution in [0.2, 0.25) is 0 Å². The number of ether oxygens (including phenoxy) is 1. The predicted octanol–water partition coefficient (Wildman–Crippen LogP) is 0.477. The minimum atomic E-state index is -3.57. The molecule has 0 aliphatic carbocycles. The van der Waals surface area contributed by atoms with Crippen molar-refractivity contribution in [3.63, 3.8) is 0 Å². The van der Waals surface area contributed by atoms with Crippen LogP contribution in [0.3, 0.4) is 0 Å². The van der Waals surface area contributed by atoms with Crippen LogP contribution in [0.15, 0.2) is 11.1 Å². The van der Waals surface area contributed by atoms with E-state index in [0.717, 1.165) is 19.4 Å². The monoisotopic (exact) mass is 276 g/mol. The number of nitrogens with zero attached hydrogens (tertiary/aromatic N) is 1. The summed E-state index contributed by atoms with van der Waals surface area (Å²) in [5.74, 6) is 0.0432. The van der Waals surface area contributed by atoms with Gasteiger partial charge in [0.25, 0.3) is 0 Å². The van der Waals surface area contributed by atoms with Gasteiger partial charge in [0, 0.05) is 19.8 Å². The molecule has 8 heteroatoms. The highest BCUT2D eigenvalue weighted by molar-refractivity contribution is 7.89. The van der Waals surface area contributed by atoms with Crippen molar-refractivity contribution in [3.05, 3.63) is 6.20 Å². The van der Waals surface area contributed by atoms with Gasteiger partial charge in [0.2, 0.25) is 10.0 Å².